The third-order valence-corrected chi connectivity index (χ3v) is 4.77. The van der Waals surface area contributed by atoms with Crippen LogP contribution in [0.5, 0.6) is 0 Å². The van der Waals surface area contributed by atoms with Gasteiger partial charge in [-0.05, 0) is 29.7 Å². The van der Waals surface area contributed by atoms with Gasteiger partial charge in [0.25, 0.3) is 0 Å². The molecular weight excluding hydrogens is 342 g/mol. The summed E-state index contributed by atoms with van der Waals surface area (Å²) in [6.07, 6.45) is 7.06. The molecule has 4 nitrogen and oxygen atoms in total. The lowest BCUT2D eigenvalue weighted by molar-refractivity contribution is -0.116. The molecule has 1 aromatic carbocycles. The van der Waals surface area contributed by atoms with Gasteiger partial charge in [-0.2, -0.15) is 0 Å². The van der Waals surface area contributed by atoms with Gasteiger partial charge < -0.3 is 5.32 Å². The van der Waals surface area contributed by atoms with Crippen LogP contribution >= 0.6 is 22.9 Å². The SMILES string of the molecule is O=C(CCc1cccnc1)Nc1ncc(Cc2ccccc2Cl)s1. The second-order valence-electron chi connectivity index (χ2n) is 5.31. The normalized spacial score (nSPS) is 10.5. The largest absolute Gasteiger partial charge is 0.302 e. The smallest absolute Gasteiger partial charge is 0.226 e. The van der Waals surface area contributed by atoms with Crippen LogP contribution in [0.3, 0.4) is 0 Å². The molecule has 0 aliphatic heterocycles. The van der Waals surface area contributed by atoms with Crippen LogP contribution in [0.15, 0.2) is 55.0 Å². The summed E-state index contributed by atoms with van der Waals surface area (Å²) in [5.41, 5.74) is 2.10. The summed E-state index contributed by atoms with van der Waals surface area (Å²) in [5, 5.41) is 4.21. The van der Waals surface area contributed by atoms with E-state index in [0.717, 1.165) is 21.0 Å². The predicted octanol–water partition coefficient (Wildman–Crippen LogP) is 4.35. The molecule has 6 heteroatoms. The Bertz CT molecular complexity index is 820. The van der Waals surface area contributed by atoms with Crippen molar-refractivity contribution < 1.29 is 4.79 Å². The van der Waals surface area contributed by atoms with Crippen molar-refractivity contribution in [1.29, 1.82) is 0 Å². The van der Waals surface area contributed by atoms with E-state index < -0.39 is 0 Å². The number of carbonyl (C=O) groups is 1. The highest BCUT2D eigenvalue weighted by molar-refractivity contribution is 7.15. The van der Waals surface area contributed by atoms with Crippen LogP contribution in [0, 0.1) is 0 Å². The minimum atomic E-state index is -0.0440. The van der Waals surface area contributed by atoms with Crippen LogP contribution in [-0.2, 0) is 17.6 Å². The third-order valence-electron chi connectivity index (χ3n) is 3.49. The molecule has 0 radical (unpaired) electrons. The van der Waals surface area contributed by atoms with Crippen molar-refractivity contribution >= 4 is 34.0 Å². The molecule has 1 N–H and O–H groups in total. The van der Waals surface area contributed by atoms with Crippen molar-refractivity contribution in [2.75, 3.05) is 5.32 Å². The molecule has 0 saturated carbocycles. The second-order valence-corrected chi connectivity index (χ2v) is 6.83. The molecule has 0 fully saturated rings. The number of aromatic nitrogens is 2. The number of anilines is 1. The van der Waals surface area contributed by atoms with E-state index in [4.69, 9.17) is 11.6 Å². The second kappa shape index (κ2) is 8.04. The zero-order valence-corrected chi connectivity index (χ0v) is 14.5. The average Bonchev–Trinajstić information content (AvgIpc) is 3.03. The molecule has 0 aliphatic rings. The molecule has 0 unspecified atom stereocenters. The maximum Gasteiger partial charge on any atom is 0.226 e. The molecular formula is C18H16ClN3OS. The highest BCUT2D eigenvalue weighted by atomic mass is 35.5. The van der Waals surface area contributed by atoms with Gasteiger partial charge in [0, 0.05) is 41.3 Å². The van der Waals surface area contributed by atoms with Gasteiger partial charge in [0.1, 0.15) is 0 Å². The number of pyridine rings is 1. The number of hydrogen-bond donors (Lipinski definition) is 1. The van der Waals surface area contributed by atoms with Gasteiger partial charge in [0.05, 0.1) is 0 Å². The Balaban J connectivity index is 1.54. The van der Waals surface area contributed by atoms with Gasteiger partial charge in [0.15, 0.2) is 5.13 Å². The zero-order chi connectivity index (χ0) is 16.8. The van der Waals surface area contributed by atoms with E-state index in [1.54, 1.807) is 18.6 Å². The molecule has 0 spiro atoms. The molecule has 3 rings (SSSR count). The van der Waals surface area contributed by atoms with Crippen molar-refractivity contribution in [3.8, 4) is 0 Å². The molecule has 0 saturated heterocycles. The zero-order valence-electron chi connectivity index (χ0n) is 12.9. The quantitative estimate of drug-likeness (QED) is 0.713. The van der Waals surface area contributed by atoms with E-state index in [0.29, 0.717) is 24.4 Å². The summed E-state index contributed by atoms with van der Waals surface area (Å²) >= 11 is 7.65. The Hall–Kier alpha value is -2.24. The Labute approximate surface area is 149 Å². The summed E-state index contributed by atoms with van der Waals surface area (Å²) in [4.78, 5) is 21.4. The van der Waals surface area contributed by atoms with Crippen LogP contribution in [0.1, 0.15) is 22.4 Å². The van der Waals surface area contributed by atoms with Crippen LogP contribution in [0.25, 0.3) is 0 Å². The summed E-state index contributed by atoms with van der Waals surface area (Å²) < 4.78 is 0. The summed E-state index contributed by atoms with van der Waals surface area (Å²) in [6, 6.07) is 11.6. The number of aryl methyl sites for hydroxylation is 1. The van der Waals surface area contributed by atoms with Gasteiger partial charge >= 0.3 is 0 Å². The van der Waals surface area contributed by atoms with Crippen molar-refractivity contribution in [1.82, 2.24) is 9.97 Å². The van der Waals surface area contributed by atoms with E-state index >= 15 is 0 Å². The molecule has 1 amide bonds. The standard InChI is InChI=1S/C18H16ClN3OS/c19-16-6-2-1-5-14(16)10-15-12-21-18(24-15)22-17(23)8-7-13-4-3-9-20-11-13/h1-6,9,11-12H,7-8,10H2,(H,21,22,23). The topological polar surface area (TPSA) is 54.9 Å². The first-order chi connectivity index (χ1) is 11.7. The molecule has 0 bridgehead atoms. The summed E-state index contributed by atoms with van der Waals surface area (Å²) in [5.74, 6) is -0.0440. The third kappa shape index (κ3) is 4.63. The first-order valence-corrected chi connectivity index (χ1v) is 8.77. The molecule has 2 heterocycles. The fourth-order valence-electron chi connectivity index (χ4n) is 2.26. The van der Waals surface area contributed by atoms with E-state index in [1.165, 1.54) is 11.3 Å². The molecule has 3 aromatic rings. The van der Waals surface area contributed by atoms with Crippen LogP contribution in [0.2, 0.25) is 5.02 Å². The Morgan fingerprint density at radius 3 is 2.83 bits per heavy atom. The highest BCUT2D eigenvalue weighted by Crippen LogP contribution is 2.24. The first-order valence-electron chi connectivity index (χ1n) is 7.57. The van der Waals surface area contributed by atoms with Crippen LogP contribution in [0.4, 0.5) is 5.13 Å². The van der Waals surface area contributed by atoms with E-state index in [2.05, 4.69) is 15.3 Å². The number of amides is 1. The Kier molecular flexibility index (Phi) is 5.56. The fraction of sp³-hybridized carbons (Fsp3) is 0.167. The van der Waals surface area contributed by atoms with Crippen molar-refractivity contribution in [3.63, 3.8) is 0 Å². The summed E-state index contributed by atoms with van der Waals surface area (Å²) in [6.45, 7) is 0. The Morgan fingerprint density at radius 1 is 1.17 bits per heavy atom. The fourth-order valence-corrected chi connectivity index (χ4v) is 3.32. The lowest BCUT2D eigenvalue weighted by atomic mass is 10.1. The van der Waals surface area contributed by atoms with Crippen LogP contribution < -0.4 is 5.32 Å². The number of nitrogens with one attached hydrogen (secondary N) is 1. The highest BCUT2D eigenvalue weighted by Gasteiger charge is 2.09. The minimum absolute atomic E-state index is 0.0440. The maximum atomic E-state index is 12.0. The lowest BCUT2D eigenvalue weighted by Crippen LogP contribution is -2.12. The maximum absolute atomic E-state index is 12.0. The van der Waals surface area contributed by atoms with Crippen LogP contribution in [-0.4, -0.2) is 15.9 Å². The number of rotatable bonds is 6. The van der Waals surface area contributed by atoms with Gasteiger partial charge in [0.2, 0.25) is 5.91 Å². The van der Waals surface area contributed by atoms with Crippen molar-refractivity contribution in [2.45, 2.75) is 19.3 Å². The number of carbonyl (C=O) groups excluding carboxylic acids is 1. The predicted molar refractivity (Wildman–Crippen MR) is 97.6 cm³/mol. The van der Waals surface area contributed by atoms with Gasteiger partial charge in [-0.1, -0.05) is 35.9 Å². The van der Waals surface area contributed by atoms with E-state index in [-0.39, 0.29) is 5.91 Å². The molecule has 0 aliphatic carbocycles. The number of nitrogens with zero attached hydrogens (tertiary/aromatic N) is 2. The molecule has 24 heavy (non-hydrogen) atoms. The van der Waals surface area contributed by atoms with Gasteiger partial charge in [-0.25, -0.2) is 4.98 Å². The Morgan fingerprint density at radius 2 is 2.04 bits per heavy atom. The van der Waals surface area contributed by atoms with Crippen molar-refractivity contribution in [2.24, 2.45) is 0 Å². The van der Waals surface area contributed by atoms with Gasteiger partial charge in [-0.3, -0.25) is 9.78 Å². The number of hydrogen-bond acceptors (Lipinski definition) is 4. The molecule has 2 aromatic heterocycles. The minimum Gasteiger partial charge on any atom is -0.302 e. The number of thiazole rings is 1. The van der Waals surface area contributed by atoms with E-state index in [1.807, 2.05) is 36.4 Å². The number of benzene rings is 1. The van der Waals surface area contributed by atoms with Crippen molar-refractivity contribution in [3.05, 3.63) is 76.0 Å². The first kappa shape index (κ1) is 16.6. The number of halogens is 1. The summed E-state index contributed by atoms with van der Waals surface area (Å²) in [7, 11) is 0. The average molecular weight is 358 g/mol. The molecule has 122 valence electrons. The monoisotopic (exact) mass is 357 g/mol. The van der Waals surface area contributed by atoms with E-state index in [9.17, 15) is 4.79 Å². The molecule has 0 atom stereocenters. The van der Waals surface area contributed by atoms with Gasteiger partial charge in [-0.15, -0.1) is 11.3 Å². The lowest BCUT2D eigenvalue weighted by Gasteiger charge is -2.02.